The lowest BCUT2D eigenvalue weighted by Gasteiger charge is -2.02. The van der Waals surface area contributed by atoms with Gasteiger partial charge >= 0.3 is 0 Å². The van der Waals surface area contributed by atoms with Crippen molar-refractivity contribution in [3.8, 4) is 21.3 Å². The van der Waals surface area contributed by atoms with Crippen LogP contribution >= 0.6 is 54.5 Å². The van der Waals surface area contributed by atoms with Crippen molar-refractivity contribution in [1.82, 2.24) is 10.3 Å². The molecule has 0 aromatic carbocycles. The van der Waals surface area contributed by atoms with E-state index in [1.165, 1.54) is 12.1 Å². The minimum absolute atomic E-state index is 0.0568. The number of furan rings is 2. The molecule has 0 aliphatic heterocycles. The van der Waals surface area contributed by atoms with Crippen molar-refractivity contribution in [3.63, 3.8) is 0 Å². The fourth-order valence-corrected chi connectivity index (χ4v) is 8.79. The molecule has 6 aromatic heterocycles. The van der Waals surface area contributed by atoms with Gasteiger partial charge in [-0.05, 0) is 108 Å². The molecule has 0 amide bonds. The summed E-state index contributed by atoms with van der Waals surface area (Å²) in [6, 6.07) is 13.7. The molecule has 0 unspecified atom stereocenters. The topological polar surface area (TPSA) is 171 Å². The molecule has 0 bridgehead atoms. The van der Waals surface area contributed by atoms with E-state index in [9.17, 15) is 16.8 Å². The Hall–Kier alpha value is -3.16. The number of thiophene rings is 2. The molecule has 0 spiro atoms. The minimum Gasteiger partial charge on any atom is -0.461 e. The Balaban J connectivity index is 0.000000175. The summed E-state index contributed by atoms with van der Waals surface area (Å²) in [5, 5.41) is 7.38. The summed E-state index contributed by atoms with van der Waals surface area (Å²) in [5.41, 5.74) is 1.13. The number of sulfonamides is 2. The summed E-state index contributed by atoms with van der Waals surface area (Å²) in [6.45, 7) is 7.07. The number of aryl methyl sites for hydroxylation is 4. The van der Waals surface area contributed by atoms with Crippen LogP contribution in [0.5, 0.6) is 0 Å². The van der Waals surface area contributed by atoms with Crippen LogP contribution in [-0.2, 0) is 20.0 Å². The molecule has 6 heterocycles. The molecule has 0 aliphatic rings. The zero-order valence-corrected chi connectivity index (χ0v) is 29.6. The second-order valence-corrected chi connectivity index (χ2v) is 16.7. The first-order valence-electron chi connectivity index (χ1n) is 12.4. The van der Waals surface area contributed by atoms with Crippen LogP contribution in [0, 0.1) is 27.7 Å². The summed E-state index contributed by atoms with van der Waals surface area (Å²) >= 11 is 8.68. The van der Waals surface area contributed by atoms with Gasteiger partial charge in [0.15, 0.2) is 0 Å². The number of hydrogen-bond acceptors (Lipinski definition) is 12. The highest BCUT2D eigenvalue weighted by atomic mass is 79.9. The van der Waals surface area contributed by atoms with Gasteiger partial charge in [0.2, 0.25) is 0 Å². The van der Waals surface area contributed by atoms with Gasteiger partial charge in [0.25, 0.3) is 31.8 Å². The van der Waals surface area contributed by atoms with Crippen molar-refractivity contribution in [2.45, 2.75) is 36.1 Å². The zero-order valence-electron chi connectivity index (χ0n) is 23.2. The predicted octanol–water partition coefficient (Wildman–Crippen LogP) is 8.35. The zero-order chi connectivity index (χ0) is 31.8. The van der Waals surface area contributed by atoms with Crippen molar-refractivity contribution in [2.75, 3.05) is 9.44 Å². The molecule has 6 aromatic rings. The van der Waals surface area contributed by atoms with Gasteiger partial charge in [-0.1, -0.05) is 10.3 Å². The number of rotatable bonds is 8. The number of hydrogen-bond donors (Lipinski definition) is 2. The quantitative estimate of drug-likeness (QED) is 0.152. The maximum absolute atomic E-state index is 12.4. The molecular weight excluding hydrogens is 784 g/mol. The summed E-state index contributed by atoms with van der Waals surface area (Å²) in [7, 11) is -7.48. The van der Waals surface area contributed by atoms with Gasteiger partial charge in [-0.25, -0.2) is 26.3 Å². The number of nitrogens with one attached hydrogen (secondary N) is 2. The molecule has 0 saturated carbocycles. The fraction of sp³-hybridized carbons (Fsp3) is 0.154. The van der Waals surface area contributed by atoms with E-state index in [4.69, 9.17) is 17.9 Å². The number of nitrogens with zero attached hydrogens (tertiary/aromatic N) is 2. The normalized spacial score (nSPS) is 11.8. The lowest BCUT2D eigenvalue weighted by molar-refractivity contribution is 0.430. The summed E-state index contributed by atoms with van der Waals surface area (Å²) in [6.07, 6.45) is 0. The number of anilines is 2. The smallest absolute Gasteiger partial charge is 0.273 e. The lowest BCUT2D eigenvalue weighted by Crippen LogP contribution is -2.11. The average Bonchev–Trinajstić information content (AvgIpc) is 3.80. The molecule has 0 saturated heterocycles. The lowest BCUT2D eigenvalue weighted by atomic mass is 10.4. The second kappa shape index (κ2) is 12.7. The second-order valence-electron chi connectivity index (χ2n) is 9.09. The van der Waals surface area contributed by atoms with Gasteiger partial charge in [-0.2, -0.15) is 0 Å². The van der Waals surface area contributed by atoms with Crippen LogP contribution in [0.25, 0.3) is 21.3 Å². The van der Waals surface area contributed by atoms with Crippen molar-refractivity contribution >= 4 is 86.3 Å². The van der Waals surface area contributed by atoms with Gasteiger partial charge in [0.05, 0.1) is 21.1 Å². The van der Waals surface area contributed by atoms with Crippen molar-refractivity contribution in [3.05, 3.63) is 80.4 Å². The summed E-state index contributed by atoms with van der Waals surface area (Å²) in [5.74, 6) is 2.93. The van der Waals surface area contributed by atoms with Gasteiger partial charge in [0, 0.05) is 0 Å². The van der Waals surface area contributed by atoms with Crippen LogP contribution in [0.4, 0.5) is 11.8 Å². The Labute approximate surface area is 276 Å². The van der Waals surface area contributed by atoms with E-state index in [0.717, 1.165) is 43.9 Å². The van der Waals surface area contributed by atoms with Gasteiger partial charge in [-0.3, -0.25) is 0 Å². The Morgan fingerprint density at radius 3 is 1.30 bits per heavy atom. The fourth-order valence-electron chi connectivity index (χ4n) is 3.52. The SMILES string of the molecule is Cc1ccc(-c2ccc(S(=O)(=O)Nc3onc(C)c3Br)s2)o1.Cc1ccc(-c2ccc(S(=O)(=O)Nc3onc(C)c3Br)s2)o1. The van der Waals surface area contributed by atoms with Gasteiger partial charge in [-0.15, -0.1) is 22.7 Å². The van der Waals surface area contributed by atoms with Crippen molar-refractivity contribution in [1.29, 1.82) is 0 Å². The van der Waals surface area contributed by atoms with Crippen LogP contribution in [0.1, 0.15) is 22.9 Å². The van der Waals surface area contributed by atoms with Crippen LogP contribution in [0.15, 0.2) is 83.8 Å². The highest BCUT2D eigenvalue weighted by molar-refractivity contribution is 9.11. The molecule has 6 rings (SSSR count). The standard InChI is InChI=1S/2C13H11BrN2O4S2/c2*1-7-3-4-9(19-7)10-5-6-11(21-10)22(17,18)16-13-12(14)8(2)15-20-13/h2*3-6,16H,1-2H3. The molecule has 0 atom stereocenters. The highest BCUT2D eigenvalue weighted by Crippen LogP contribution is 2.35. The van der Waals surface area contributed by atoms with Crippen LogP contribution in [-0.4, -0.2) is 27.1 Å². The molecule has 18 heteroatoms. The Morgan fingerprint density at radius 2 is 1.00 bits per heavy atom. The first-order valence-corrected chi connectivity index (χ1v) is 18.5. The van der Waals surface area contributed by atoms with Gasteiger partial charge < -0.3 is 17.9 Å². The van der Waals surface area contributed by atoms with E-state index in [-0.39, 0.29) is 20.2 Å². The van der Waals surface area contributed by atoms with Crippen molar-refractivity contribution < 1.29 is 34.7 Å². The third-order valence-electron chi connectivity index (χ3n) is 5.69. The minimum atomic E-state index is -3.74. The average molecular weight is 807 g/mol. The van der Waals surface area contributed by atoms with Gasteiger partial charge in [0.1, 0.15) is 40.4 Å². The third-order valence-corrected chi connectivity index (χ3v) is 13.4. The van der Waals surface area contributed by atoms with E-state index >= 15 is 0 Å². The predicted molar refractivity (Wildman–Crippen MR) is 173 cm³/mol. The maximum Gasteiger partial charge on any atom is 0.273 e. The number of aromatic nitrogens is 2. The van der Waals surface area contributed by atoms with E-state index in [1.807, 2.05) is 26.0 Å². The molecular formula is C26H22Br2N4O8S4. The van der Waals surface area contributed by atoms with Crippen LogP contribution < -0.4 is 9.44 Å². The monoisotopic (exact) mass is 804 g/mol. The first kappa shape index (κ1) is 32.2. The van der Waals surface area contributed by atoms with Crippen LogP contribution in [0.2, 0.25) is 0 Å². The van der Waals surface area contributed by atoms with Crippen molar-refractivity contribution in [2.24, 2.45) is 0 Å². The Bertz CT molecular complexity index is 2000. The molecule has 232 valence electrons. The summed E-state index contributed by atoms with van der Waals surface area (Å²) < 4.78 is 76.4. The van der Waals surface area contributed by atoms with E-state index in [0.29, 0.717) is 31.9 Å². The van der Waals surface area contributed by atoms with Crippen LogP contribution in [0.3, 0.4) is 0 Å². The maximum atomic E-state index is 12.4. The molecule has 0 radical (unpaired) electrons. The molecule has 0 aliphatic carbocycles. The number of halogens is 2. The van der Waals surface area contributed by atoms with E-state index < -0.39 is 20.0 Å². The summed E-state index contributed by atoms with van der Waals surface area (Å²) in [4.78, 5) is 1.47. The third kappa shape index (κ3) is 7.05. The Morgan fingerprint density at radius 1 is 0.614 bits per heavy atom. The van der Waals surface area contributed by atoms with E-state index in [1.54, 1.807) is 38.1 Å². The molecule has 12 nitrogen and oxygen atoms in total. The Kier molecular flexibility index (Phi) is 9.29. The molecule has 2 N–H and O–H groups in total. The molecule has 44 heavy (non-hydrogen) atoms. The first-order chi connectivity index (χ1) is 20.7. The van der Waals surface area contributed by atoms with E-state index in [2.05, 4.69) is 51.6 Å². The highest BCUT2D eigenvalue weighted by Gasteiger charge is 2.24. The molecule has 0 fully saturated rings. The largest absolute Gasteiger partial charge is 0.461 e.